The first-order valence-corrected chi connectivity index (χ1v) is 18.9. The number of rotatable bonds is 15. The molecule has 0 unspecified atom stereocenters. The van der Waals surface area contributed by atoms with E-state index < -0.39 is 57.4 Å². The fourth-order valence-corrected chi connectivity index (χ4v) is 8.36. The summed E-state index contributed by atoms with van der Waals surface area (Å²) in [5.74, 6) is -2.53. The van der Waals surface area contributed by atoms with Crippen molar-refractivity contribution >= 4 is 21.7 Å². The maximum Gasteiger partial charge on any atom is 0.253 e. The minimum atomic E-state index is -3.76. The summed E-state index contributed by atoms with van der Waals surface area (Å²) in [6.45, 7) is 10.0. The van der Waals surface area contributed by atoms with E-state index in [0.29, 0.717) is 35.3 Å². The maximum atomic E-state index is 14.2. The summed E-state index contributed by atoms with van der Waals surface area (Å²) in [7, 11) is -3.76. The van der Waals surface area contributed by atoms with Crippen molar-refractivity contribution in [3.8, 4) is 0 Å². The van der Waals surface area contributed by atoms with Crippen LogP contribution < -0.4 is 10.6 Å². The molecule has 1 aliphatic rings. The lowest BCUT2D eigenvalue weighted by Crippen LogP contribution is -2.51. The molecule has 0 saturated carbocycles. The van der Waals surface area contributed by atoms with Crippen molar-refractivity contribution in [3.63, 3.8) is 0 Å². The van der Waals surface area contributed by atoms with Gasteiger partial charge in [0.05, 0.1) is 30.5 Å². The fraction of sp³-hybridized carbons (Fsp3) is 0.474. The number of aliphatic hydroxyl groups excluding tert-OH is 2. The third kappa shape index (κ3) is 9.54. The molecule has 0 bridgehead atoms. The van der Waals surface area contributed by atoms with Crippen molar-refractivity contribution in [3.05, 3.63) is 105 Å². The van der Waals surface area contributed by atoms with Crippen LogP contribution in [0.1, 0.15) is 101 Å². The van der Waals surface area contributed by atoms with Crippen LogP contribution >= 0.6 is 0 Å². The molecule has 0 aromatic heterocycles. The molecule has 0 saturated heterocycles. The number of benzene rings is 3. The molecule has 0 aliphatic carbocycles. The van der Waals surface area contributed by atoms with E-state index in [-0.39, 0.29) is 41.7 Å². The summed E-state index contributed by atoms with van der Waals surface area (Å²) >= 11 is 0. The summed E-state index contributed by atoms with van der Waals surface area (Å²) in [5, 5.41) is 26.5. The Kier molecular flexibility index (Phi) is 13.3. The summed E-state index contributed by atoms with van der Waals surface area (Å²) in [5.41, 5.74) is 3.64. The summed E-state index contributed by atoms with van der Waals surface area (Å²) < 4.78 is 54.8. The first-order chi connectivity index (χ1) is 23.7. The van der Waals surface area contributed by atoms with E-state index in [1.54, 1.807) is 30.0 Å². The molecular formula is C38H49F2N3O6S. The molecule has 9 nitrogen and oxygen atoms in total. The quantitative estimate of drug-likeness (QED) is 0.175. The third-order valence-electron chi connectivity index (χ3n) is 9.11. The van der Waals surface area contributed by atoms with Gasteiger partial charge in [0.25, 0.3) is 11.8 Å². The average Bonchev–Trinajstić information content (AvgIpc) is 3.04. The number of amides is 2. The van der Waals surface area contributed by atoms with Gasteiger partial charge < -0.3 is 25.7 Å². The van der Waals surface area contributed by atoms with Crippen LogP contribution in [-0.4, -0.2) is 79.0 Å². The molecule has 4 atom stereocenters. The van der Waals surface area contributed by atoms with Gasteiger partial charge in [-0.3, -0.25) is 9.59 Å². The lowest BCUT2D eigenvalue weighted by atomic mass is 9.91. The van der Waals surface area contributed by atoms with Gasteiger partial charge in [-0.15, -0.1) is 0 Å². The highest BCUT2D eigenvalue weighted by Crippen LogP contribution is 2.35. The van der Waals surface area contributed by atoms with Crippen LogP contribution in [0.15, 0.2) is 54.6 Å². The van der Waals surface area contributed by atoms with Gasteiger partial charge in [-0.25, -0.2) is 17.2 Å². The van der Waals surface area contributed by atoms with Crippen LogP contribution in [0.25, 0.3) is 0 Å². The SMILES string of the molecule is CCCN(CCC)C(=O)c1cc(C)cc(C(=O)N[C@@H](Cc2cc(F)cc(F)c2)[C@H](O)CN[C@H]2c3cc(C(C)C)ccc3CS(=O)(=O)[C@H]2CO)c1. The normalized spacial score (nSPS) is 18.0. The van der Waals surface area contributed by atoms with E-state index in [1.807, 2.05) is 39.8 Å². The van der Waals surface area contributed by atoms with Gasteiger partial charge in [0.15, 0.2) is 9.84 Å². The van der Waals surface area contributed by atoms with Gasteiger partial charge in [-0.1, -0.05) is 45.9 Å². The first kappa shape index (κ1) is 39.1. The smallest absolute Gasteiger partial charge is 0.253 e. The second-order valence-corrected chi connectivity index (χ2v) is 15.8. The van der Waals surface area contributed by atoms with Crippen molar-refractivity contribution in [2.24, 2.45) is 0 Å². The lowest BCUT2D eigenvalue weighted by Gasteiger charge is -2.35. The van der Waals surface area contributed by atoms with Gasteiger partial charge in [0.2, 0.25) is 0 Å². The molecule has 3 aromatic carbocycles. The van der Waals surface area contributed by atoms with Crippen molar-refractivity contribution in [2.45, 2.75) is 89.0 Å². The Labute approximate surface area is 294 Å². The van der Waals surface area contributed by atoms with E-state index >= 15 is 0 Å². The van der Waals surface area contributed by atoms with Crippen LogP contribution in [0, 0.1) is 18.6 Å². The van der Waals surface area contributed by atoms with Crippen LogP contribution in [0.5, 0.6) is 0 Å². The molecule has 4 N–H and O–H groups in total. The van der Waals surface area contributed by atoms with E-state index in [2.05, 4.69) is 10.6 Å². The van der Waals surface area contributed by atoms with Crippen molar-refractivity contribution in [2.75, 3.05) is 26.2 Å². The van der Waals surface area contributed by atoms with Crippen LogP contribution in [0.4, 0.5) is 8.78 Å². The van der Waals surface area contributed by atoms with Gasteiger partial charge in [-0.05, 0) is 90.3 Å². The van der Waals surface area contributed by atoms with Gasteiger partial charge in [-0.2, -0.15) is 0 Å². The van der Waals surface area contributed by atoms with E-state index in [4.69, 9.17) is 0 Å². The molecule has 3 aromatic rings. The number of carbonyl (C=O) groups is 2. The maximum absolute atomic E-state index is 14.2. The Hall–Kier alpha value is -3.71. The molecule has 4 rings (SSSR count). The van der Waals surface area contributed by atoms with Gasteiger partial charge in [0.1, 0.15) is 16.9 Å². The van der Waals surface area contributed by atoms with Crippen molar-refractivity contribution in [1.82, 2.24) is 15.5 Å². The number of hydrogen-bond acceptors (Lipinski definition) is 7. The number of aliphatic hydroxyl groups is 2. The number of aryl methyl sites for hydroxylation is 1. The molecule has 1 aliphatic heterocycles. The highest BCUT2D eigenvalue weighted by atomic mass is 32.2. The first-order valence-electron chi connectivity index (χ1n) is 17.2. The largest absolute Gasteiger partial charge is 0.395 e. The van der Waals surface area contributed by atoms with Crippen LogP contribution in [-0.2, 0) is 22.0 Å². The van der Waals surface area contributed by atoms with E-state index in [1.165, 1.54) is 6.07 Å². The zero-order chi connectivity index (χ0) is 36.7. The predicted molar refractivity (Wildman–Crippen MR) is 190 cm³/mol. The number of nitrogens with zero attached hydrogens (tertiary/aromatic N) is 1. The number of carbonyl (C=O) groups excluding carboxylic acids is 2. The molecule has 0 spiro atoms. The molecule has 272 valence electrons. The van der Waals surface area contributed by atoms with E-state index in [9.17, 15) is 37.0 Å². The number of nitrogens with one attached hydrogen (secondary N) is 2. The van der Waals surface area contributed by atoms with Crippen molar-refractivity contribution in [1.29, 1.82) is 0 Å². The minimum absolute atomic E-state index is 0.155. The third-order valence-corrected chi connectivity index (χ3v) is 11.2. The fourth-order valence-electron chi connectivity index (χ4n) is 6.57. The molecule has 0 radical (unpaired) electrons. The standard InChI is InChI=1S/C38H49F2N3O6S/c1-6-10-43(11-7-2)38(47)29-13-24(5)12-28(17-29)37(46)42-33(16-25-14-30(39)19-31(40)15-25)34(45)20-41-36-32-18-26(23(3)4)8-9-27(32)22-50(48,49)35(36)21-44/h8-9,12-15,17-19,23,33-36,41,44-45H,6-7,10-11,16,20-22H2,1-5H3,(H,42,46)/t33-,34+,35-,36-/m0/s1. The Morgan fingerprint density at radius 3 is 2.20 bits per heavy atom. The minimum Gasteiger partial charge on any atom is -0.395 e. The Bertz CT molecular complexity index is 1760. The molecule has 12 heteroatoms. The van der Waals surface area contributed by atoms with Crippen molar-refractivity contribution < 1.29 is 37.0 Å². The zero-order valence-electron chi connectivity index (χ0n) is 29.4. The number of hydrogen-bond donors (Lipinski definition) is 4. The lowest BCUT2D eigenvalue weighted by molar-refractivity contribution is 0.0755. The van der Waals surface area contributed by atoms with Gasteiger partial charge >= 0.3 is 0 Å². The average molecular weight is 714 g/mol. The Balaban J connectivity index is 1.64. The highest BCUT2D eigenvalue weighted by molar-refractivity contribution is 7.91. The number of sulfone groups is 1. The predicted octanol–water partition coefficient (Wildman–Crippen LogP) is 4.98. The molecule has 50 heavy (non-hydrogen) atoms. The number of halogens is 2. The number of fused-ring (bicyclic) bond motifs is 1. The van der Waals surface area contributed by atoms with Crippen LogP contribution in [0.3, 0.4) is 0 Å². The molecule has 2 amide bonds. The van der Waals surface area contributed by atoms with E-state index in [0.717, 1.165) is 36.6 Å². The van der Waals surface area contributed by atoms with Crippen LogP contribution in [0.2, 0.25) is 0 Å². The molecular weight excluding hydrogens is 664 g/mol. The Morgan fingerprint density at radius 1 is 0.960 bits per heavy atom. The summed E-state index contributed by atoms with van der Waals surface area (Å²) in [6.07, 6.45) is 0.00843. The monoisotopic (exact) mass is 713 g/mol. The summed E-state index contributed by atoms with van der Waals surface area (Å²) in [6, 6.07) is 11.4. The van der Waals surface area contributed by atoms with Gasteiger partial charge in [0, 0.05) is 36.8 Å². The zero-order valence-corrected chi connectivity index (χ0v) is 30.2. The topological polar surface area (TPSA) is 136 Å². The summed E-state index contributed by atoms with van der Waals surface area (Å²) in [4.78, 5) is 28.9. The molecule has 1 heterocycles. The molecule has 0 fully saturated rings. The Morgan fingerprint density at radius 2 is 1.60 bits per heavy atom. The second-order valence-electron chi connectivity index (χ2n) is 13.5. The highest BCUT2D eigenvalue weighted by Gasteiger charge is 2.40. The second kappa shape index (κ2) is 17.0.